The van der Waals surface area contributed by atoms with Crippen LogP contribution in [0.15, 0.2) is 88.4 Å². The Morgan fingerprint density at radius 1 is 1.07 bits per heavy atom. The third-order valence-corrected chi connectivity index (χ3v) is 4.89. The highest BCUT2D eigenvalue weighted by molar-refractivity contribution is 9.10. The van der Waals surface area contributed by atoms with Crippen molar-refractivity contribution in [3.8, 4) is 5.75 Å². The van der Waals surface area contributed by atoms with Crippen LogP contribution in [-0.4, -0.2) is 19.2 Å². The number of amides is 1. The summed E-state index contributed by atoms with van der Waals surface area (Å²) < 4.78 is 12.0. The summed E-state index contributed by atoms with van der Waals surface area (Å²) in [7, 11) is 1.49. The van der Waals surface area contributed by atoms with Crippen LogP contribution in [-0.2, 0) is 16.1 Å². The minimum atomic E-state index is -0.725. The number of hydrazone groups is 1. The van der Waals surface area contributed by atoms with Gasteiger partial charge in [-0.2, -0.15) is 5.10 Å². The number of halogens is 1. The van der Waals surface area contributed by atoms with E-state index in [1.807, 2.05) is 78.9 Å². The fourth-order valence-electron chi connectivity index (χ4n) is 2.70. The molecule has 0 aliphatic rings. The maximum atomic E-state index is 12.4. The molecule has 3 aromatic rings. The summed E-state index contributed by atoms with van der Waals surface area (Å²) >= 11 is 3.49. The van der Waals surface area contributed by atoms with Crippen LogP contribution in [0.2, 0.25) is 0 Å². The van der Waals surface area contributed by atoms with E-state index in [1.54, 1.807) is 6.21 Å². The largest absolute Gasteiger partial charge is 0.489 e. The molecule has 0 aliphatic carbocycles. The van der Waals surface area contributed by atoms with Gasteiger partial charge in [0.15, 0.2) is 6.10 Å². The van der Waals surface area contributed by atoms with E-state index in [1.165, 1.54) is 7.11 Å². The molecule has 0 spiro atoms. The normalized spacial score (nSPS) is 11.9. The maximum absolute atomic E-state index is 12.4. The molecular formula is C23H21BrN2O3. The van der Waals surface area contributed by atoms with Gasteiger partial charge < -0.3 is 9.47 Å². The average molecular weight is 453 g/mol. The van der Waals surface area contributed by atoms with Crippen molar-refractivity contribution in [3.63, 3.8) is 0 Å². The standard InChI is InChI=1S/C23H21BrN2O3/c1-28-22(18-10-6-3-7-11-18)23(27)26-25-15-19-14-20(12-13-21(19)24)29-16-17-8-4-2-5-9-17/h2-15,22H,16H2,1H3,(H,26,27)/b25-15-/t22-/m0/s1. The molecule has 0 unspecified atom stereocenters. The Balaban J connectivity index is 1.63. The number of methoxy groups -OCH3 is 1. The number of rotatable bonds is 8. The Hall–Kier alpha value is -2.96. The van der Waals surface area contributed by atoms with Gasteiger partial charge in [0.2, 0.25) is 0 Å². The topological polar surface area (TPSA) is 59.9 Å². The second-order valence-corrected chi connectivity index (χ2v) is 7.07. The summed E-state index contributed by atoms with van der Waals surface area (Å²) in [5.74, 6) is 0.367. The number of carbonyl (C=O) groups is 1. The van der Waals surface area contributed by atoms with Gasteiger partial charge >= 0.3 is 0 Å². The van der Waals surface area contributed by atoms with Crippen LogP contribution in [0.4, 0.5) is 0 Å². The zero-order valence-corrected chi connectivity index (χ0v) is 17.5. The van der Waals surface area contributed by atoms with Gasteiger partial charge in [-0.15, -0.1) is 0 Å². The van der Waals surface area contributed by atoms with Gasteiger partial charge in [0.1, 0.15) is 12.4 Å². The van der Waals surface area contributed by atoms with Gasteiger partial charge in [0.25, 0.3) is 5.91 Å². The van der Waals surface area contributed by atoms with Crippen molar-refractivity contribution in [3.05, 3.63) is 100 Å². The fraction of sp³-hybridized carbons (Fsp3) is 0.130. The number of hydrogen-bond donors (Lipinski definition) is 1. The van der Waals surface area contributed by atoms with Crippen LogP contribution in [0, 0.1) is 0 Å². The van der Waals surface area contributed by atoms with Gasteiger partial charge in [-0.1, -0.05) is 76.6 Å². The molecule has 0 heterocycles. The van der Waals surface area contributed by atoms with Gasteiger partial charge in [0, 0.05) is 17.1 Å². The fourth-order valence-corrected chi connectivity index (χ4v) is 3.05. The molecule has 0 bridgehead atoms. The van der Waals surface area contributed by atoms with Crippen LogP contribution in [0.3, 0.4) is 0 Å². The van der Waals surface area contributed by atoms with Crippen LogP contribution in [0.5, 0.6) is 5.75 Å². The van der Waals surface area contributed by atoms with Crippen molar-refractivity contribution >= 4 is 28.1 Å². The summed E-state index contributed by atoms with van der Waals surface area (Å²) in [6.07, 6.45) is 0.840. The number of carbonyl (C=O) groups excluding carboxylic acids is 1. The first-order valence-corrected chi connectivity index (χ1v) is 9.83. The highest BCUT2D eigenvalue weighted by Gasteiger charge is 2.19. The van der Waals surface area contributed by atoms with Crippen molar-refractivity contribution in [1.82, 2.24) is 5.43 Å². The molecule has 0 radical (unpaired) electrons. The van der Waals surface area contributed by atoms with E-state index < -0.39 is 6.10 Å². The van der Waals surface area contributed by atoms with Crippen molar-refractivity contribution in [1.29, 1.82) is 0 Å². The van der Waals surface area contributed by atoms with E-state index in [2.05, 4.69) is 26.5 Å². The number of nitrogens with zero attached hydrogens (tertiary/aromatic N) is 1. The van der Waals surface area contributed by atoms with E-state index in [0.717, 1.165) is 21.2 Å². The lowest BCUT2D eigenvalue weighted by atomic mass is 10.1. The Morgan fingerprint density at radius 2 is 1.76 bits per heavy atom. The smallest absolute Gasteiger partial charge is 0.273 e. The molecule has 6 heteroatoms. The quantitative estimate of drug-likeness (QED) is 0.391. The zero-order valence-electron chi connectivity index (χ0n) is 15.9. The molecule has 1 amide bonds. The maximum Gasteiger partial charge on any atom is 0.273 e. The molecule has 1 atom stereocenters. The molecule has 0 saturated carbocycles. The minimum absolute atomic E-state index is 0.345. The molecule has 0 saturated heterocycles. The monoisotopic (exact) mass is 452 g/mol. The molecule has 0 fully saturated rings. The van der Waals surface area contributed by atoms with Crippen molar-refractivity contribution < 1.29 is 14.3 Å². The first-order valence-electron chi connectivity index (χ1n) is 9.04. The van der Waals surface area contributed by atoms with Crippen molar-refractivity contribution in [2.24, 2.45) is 5.10 Å². The second-order valence-electron chi connectivity index (χ2n) is 6.22. The highest BCUT2D eigenvalue weighted by Crippen LogP contribution is 2.22. The Kier molecular flexibility index (Phi) is 7.55. The van der Waals surface area contributed by atoms with E-state index in [4.69, 9.17) is 9.47 Å². The van der Waals surface area contributed by atoms with Gasteiger partial charge in [0.05, 0.1) is 6.21 Å². The second kappa shape index (κ2) is 10.5. The van der Waals surface area contributed by atoms with Crippen LogP contribution in [0.25, 0.3) is 0 Å². The highest BCUT2D eigenvalue weighted by atomic mass is 79.9. The van der Waals surface area contributed by atoms with Gasteiger partial charge in [-0.25, -0.2) is 5.43 Å². The van der Waals surface area contributed by atoms with Crippen LogP contribution < -0.4 is 10.2 Å². The summed E-state index contributed by atoms with van der Waals surface area (Å²) in [6.45, 7) is 0.475. The molecular weight excluding hydrogens is 432 g/mol. The molecule has 0 aliphatic heterocycles. The number of hydrogen-bond acceptors (Lipinski definition) is 4. The predicted octanol–water partition coefficient (Wildman–Crippen LogP) is 4.87. The molecule has 3 rings (SSSR count). The number of ether oxygens (including phenoxy) is 2. The molecule has 29 heavy (non-hydrogen) atoms. The summed E-state index contributed by atoms with van der Waals surface area (Å²) in [5.41, 5.74) is 5.16. The van der Waals surface area contributed by atoms with Crippen molar-refractivity contribution in [2.45, 2.75) is 12.7 Å². The Labute approximate surface area is 178 Å². The third-order valence-electron chi connectivity index (χ3n) is 4.17. The molecule has 148 valence electrons. The predicted molar refractivity (Wildman–Crippen MR) is 117 cm³/mol. The molecule has 5 nitrogen and oxygen atoms in total. The molecule has 3 aromatic carbocycles. The number of benzene rings is 3. The molecule has 0 aromatic heterocycles. The zero-order chi connectivity index (χ0) is 20.5. The van der Waals surface area contributed by atoms with Gasteiger partial charge in [-0.3, -0.25) is 4.79 Å². The van der Waals surface area contributed by atoms with E-state index in [-0.39, 0.29) is 5.91 Å². The summed E-state index contributed by atoms with van der Waals surface area (Å²) in [5, 5.41) is 4.07. The van der Waals surface area contributed by atoms with Crippen LogP contribution in [0.1, 0.15) is 22.8 Å². The average Bonchev–Trinajstić information content (AvgIpc) is 2.76. The lowest BCUT2D eigenvalue weighted by Gasteiger charge is -2.13. The minimum Gasteiger partial charge on any atom is -0.489 e. The lowest BCUT2D eigenvalue weighted by Crippen LogP contribution is -2.26. The van der Waals surface area contributed by atoms with Crippen molar-refractivity contribution in [2.75, 3.05) is 7.11 Å². The van der Waals surface area contributed by atoms with E-state index in [0.29, 0.717) is 12.4 Å². The lowest BCUT2D eigenvalue weighted by molar-refractivity contribution is -0.131. The molecule has 1 N–H and O–H groups in total. The Bertz CT molecular complexity index is 962. The first kappa shape index (κ1) is 20.8. The van der Waals surface area contributed by atoms with Gasteiger partial charge in [-0.05, 0) is 29.3 Å². The SMILES string of the molecule is CO[C@H](C(=O)N/N=C\c1cc(OCc2ccccc2)ccc1Br)c1ccccc1. The van der Waals surface area contributed by atoms with Crippen LogP contribution >= 0.6 is 15.9 Å². The Morgan fingerprint density at radius 3 is 2.45 bits per heavy atom. The van der Waals surface area contributed by atoms with E-state index in [9.17, 15) is 4.79 Å². The summed E-state index contributed by atoms with van der Waals surface area (Å²) in [4.78, 5) is 12.4. The van der Waals surface area contributed by atoms with E-state index >= 15 is 0 Å². The number of nitrogens with one attached hydrogen (secondary N) is 1. The third kappa shape index (κ3) is 6.01. The first-order chi connectivity index (χ1) is 14.2. The summed E-state index contributed by atoms with van der Waals surface area (Å²) in [6, 6.07) is 24.8.